The SMILES string of the molecule is CC(/C=C/[C@H]1O[C@H](CC(=O)NCCNC(=O)CI)C[C@@]2(CO2)[C@@H]1O)=C\CC1O[C@H](C)[C@H](NC(=O)/C=C\[C@H](C)OC(=O)N2CCCCC2)C[C@@H]1C. The third kappa shape index (κ3) is 12.3. The lowest BCUT2D eigenvalue weighted by Gasteiger charge is -2.39. The van der Waals surface area contributed by atoms with E-state index in [-0.39, 0.29) is 54.4 Å². The minimum atomic E-state index is -0.836. The lowest BCUT2D eigenvalue weighted by atomic mass is 9.87. The summed E-state index contributed by atoms with van der Waals surface area (Å²) in [6, 6.07) is -0.145. The molecule has 0 saturated carbocycles. The summed E-state index contributed by atoms with van der Waals surface area (Å²) in [6.45, 7) is 10.4. The van der Waals surface area contributed by atoms with Crippen LogP contribution in [0.5, 0.6) is 0 Å². The highest BCUT2D eigenvalue weighted by Gasteiger charge is 2.58. The molecule has 4 aliphatic heterocycles. The number of carbonyl (C=O) groups is 4. The van der Waals surface area contributed by atoms with Crippen LogP contribution in [-0.4, -0.2) is 119 Å². The van der Waals surface area contributed by atoms with Gasteiger partial charge in [-0.1, -0.05) is 53.3 Å². The van der Waals surface area contributed by atoms with Gasteiger partial charge in [-0.15, -0.1) is 0 Å². The van der Waals surface area contributed by atoms with Crippen molar-refractivity contribution in [3.05, 3.63) is 36.0 Å². The van der Waals surface area contributed by atoms with Crippen molar-refractivity contribution in [1.29, 1.82) is 0 Å². The highest BCUT2D eigenvalue weighted by atomic mass is 127. The Morgan fingerprint density at radius 3 is 2.44 bits per heavy atom. The van der Waals surface area contributed by atoms with Gasteiger partial charge in [-0.05, 0) is 64.9 Å². The van der Waals surface area contributed by atoms with Crippen molar-refractivity contribution in [2.45, 2.75) is 121 Å². The largest absolute Gasteiger partial charge is 0.442 e. The molecule has 4 heterocycles. The first-order valence-corrected chi connectivity index (χ1v) is 19.4. The minimum absolute atomic E-state index is 0.0243. The van der Waals surface area contributed by atoms with Crippen LogP contribution in [0.15, 0.2) is 36.0 Å². The molecule has 1 spiro atoms. The van der Waals surface area contributed by atoms with Crippen LogP contribution in [0.25, 0.3) is 0 Å². The van der Waals surface area contributed by atoms with E-state index in [0.29, 0.717) is 50.1 Å². The van der Waals surface area contributed by atoms with E-state index in [4.69, 9.17) is 18.9 Å². The van der Waals surface area contributed by atoms with Crippen LogP contribution in [0.4, 0.5) is 4.79 Å². The number of nitrogens with one attached hydrogen (secondary N) is 3. The highest BCUT2D eigenvalue weighted by Crippen LogP contribution is 2.43. The van der Waals surface area contributed by atoms with Crippen LogP contribution in [0.2, 0.25) is 0 Å². The number of aliphatic hydroxyl groups excluding tert-OH is 1. The molecule has 0 aliphatic carbocycles. The molecule has 1 unspecified atom stereocenters. The number of rotatable bonds is 14. The summed E-state index contributed by atoms with van der Waals surface area (Å²) in [6.07, 6.45) is 11.1. The minimum Gasteiger partial charge on any atom is -0.442 e. The molecular weight excluding hydrogens is 759 g/mol. The van der Waals surface area contributed by atoms with Crippen molar-refractivity contribution in [2.75, 3.05) is 37.2 Å². The number of likely N-dealkylation sites (tertiary alicyclic amines) is 1. The monoisotopic (exact) mass is 814 g/mol. The fourth-order valence-electron chi connectivity index (χ4n) is 6.67. The van der Waals surface area contributed by atoms with Gasteiger partial charge in [0.15, 0.2) is 0 Å². The zero-order valence-electron chi connectivity index (χ0n) is 29.7. The van der Waals surface area contributed by atoms with E-state index >= 15 is 0 Å². The molecule has 0 bridgehead atoms. The van der Waals surface area contributed by atoms with E-state index in [9.17, 15) is 24.3 Å². The molecule has 0 aromatic rings. The summed E-state index contributed by atoms with van der Waals surface area (Å²) >= 11 is 1.98. The molecular formula is C36H55IN4O9. The van der Waals surface area contributed by atoms with Gasteiger partial charge in [0.25, 0.3) is 0 Å². The number of piperidine rings is 1. The Labute approximate surface area is 309 Å². The van der Waals surface area contributed by atoms with E-state index in [0.717, 1.165) is 31.3 Å². The van der Waals surface area contributed by atoms with Gasteiger partial charge in [0, 0.05) is 38.7 Å². The third-order valence-corrected chi connectivity index (χ3v) is 10.5. The number of nitrogens with zero attached hydrogens (tertiary/aromatic N) is 1. The van der Waals surface area contributed by atoms with Crippen molar-refractivity contribution in [3.8, 4) is 0 Å². The topological polar surface area (TPSA) is 168 Å². The Bertz CT molecular complexity index is 1270. The Kier molecular flexibility index (Phi) is 15.6. The average molecular weight is 815 g/mol. The first-order valence-electron chi connectivity index (χ1n) is 17.9. The normalized spacial score (nSPS) is 32.2. The van der Waals surface area contributed by atoms with Crippen molar-refractivity contribution in [3.63, 3.8) is 0 Å². The molecule has 4 saturated heterocycles. The van der Waals surface area contributed by atoms with E-state index in [2.05, 4.69) is 29.0 Å². The molecule has 13 nitrogen and oxygen atoms in total. The number of hydrogen-bond donors (Lipinski definition) is 4. The molecule has 0 aromatic heterocycles. The molecule has 4 aliphatic rings. The zero-order valence-corrected chi connectivity index (χ0v) is 31.9. The van der Waals surface area contributed by atoms with Crippen LogP contribution in [0, 0.1) is 5.92 Å². The number of aliphatic hydroxyl groups is 1. The van der Waals surface area contributed by atoms with E-state index in [1.807, 2.05) is 48.6 Å². The number of halogens is 1. The fourth-order valence-corrected chi connectivity index (χ4v) is 6.93. The fraction of sp³-hybridized carbons (Fsp3) is 0.722. The number of amides is 4. The predicted molar refractivity (Wildman–Crippen MR) is 196 cm³/mol. The molecule has 4 amide bonds. The van der Waals surface area contributed by atoms with Gasteiger partial charge >= 0.3 is 6.09 Å². The number of allylic oxidation sites excluding steroid dienone is 2. The maximum Gasteiger partial charge on any atom is 0.410 e. The molecule has 0 aromatic carbocycles. The summed E-state index contributed by atoms with van der Waals surface area (Å²) in [5, 5.41) is 19.5. The standard InChI is InChI=1S/C36H55IN4O9/c1-23(9-12-30-34(45)36(22-47-36)20-27(50-30)19-32(43)38-14-15-39-33(44)21-37)8-11-29-24(2)18-28(26(4)49-29)40-31(42)13-10-25(3)48-35(46)41-16-6-5-7-17-41/h8-10,12-13,24-30,34,45H,5-7,11,14-22H2,1-4H3,(H,38,43)(H,39,44)(H,40,42)/b12-9+,13-10-,23-8+/t24-,25-,26+,27+,28+,29?,30+,34+,36+/m0/s1. The maximum atomic E-state index is 12.7. The molecule has 50 heavy (non-hydrogen) atoms. The molecule has 0 radical (unpaired) electrons. The Morgan fingerprint density at radius 1 is 1.06 bits per heavy atom. The van der Waals surface area contributed by atoms with Crippen LogP contribution >= 0.6 is 22.6 Å². The maximum absolute atomic E-state index is 12.7. The molecule has 14 heteroatoms. The first kappa shape index (κ1) is 40.2. The van der Waals surface area contributed by atoms with Gasteiger partial charge < -0.3 is 44.9 Å². The summed E-state index contributed by atoms with van der Waals surface area (Å²) in [4.78, 5) is 50.6. The van der Waals surface area contributed by atoms with Crippen LogP contribution < -0.4 is 16.0 Å². The second-order valence-corrected chi connectivity index (χ2v) is 14.8. The number of hydrogen-bond acceptors (Lipinski definition) is 9. The lowest BCUT2D eigenvalue weighted by molar-refractivity contribution is -0.145. The second kappa shape index (κ2) is 19.3. The van der Waals surface area contributed by atoms with Crippen LogP contribution in [0.3, 0.4) is 0 Å². The molecule has 9 atom stereocenters. The molecule has 280 valence electrons. The summed E-state index contributed by atoms with van der Waals surface area (Å²) < 4.78 is 24.0. The number of epoxide rings is 1. The summed E-state index contributed by atoms with van der Waals surface area (Å²) in [5.74, 6) is -0.309. The summed E-state index contributed by atoms with van der Waals surface area (Å²) in [7, 11) is 0. The third-order valence-electron chi connectivity index (χ3n) is 9.78. The molecule has 4 rings (SSSR count). The van der Waals surface area contributed by atoms with E-state index in [1.54, 1.807) is 17.9 Å². The number of alkyl halides is 1. The smallest absolute Gasteiger partial charge is 0.410 e. The molecule has 4 N–H and O–H groups in total. The molecule has 4 fully saturated rings. The van der Waals surface area contributed by atoms with Crippen molar-refractivity contribution in [1.82, 2.24) is 20.9 Å². The van der Waals surface area contributed by atoms with Gasteiger partial charge in [-0.3, -0.25) is 14.4 Å². The second-order valence-electron chi connectivity index (χ2n) is 14.0. The zero-order chi connectivity index (χ0) is 36.3. The van der Waals surface area contributed by atoms with Gasteiger partial charge in [0.05, 0.1) is 41.8 Å². The van der Waals surface area contributed by atoms with Gasteiger partial charge in [0.2, 0.25) is 17.7 Å². The predicted octanol–water partition coefficient (Wildman–Crippen LogP) is 3.09. The Morgan fingerprint density at radius 2 is 1.76 bits per heavy atom. The van der Waals surface area contributed by atoms with Gasteiger partial charge in [-0.25, -0.2) is 4.79 Å². The first-order chi connectivity index (χ1) is 23.9. The average Bonchev–Trinajstić information content (AvgIpc) is 3.87. The van der Waals surface area contributed by atoms with Crippen LogP contribution in [0.1, 0.15) is 72.6 Å². The quantitative estimate of drug-likeness (QED) is 0.0515. The van der Waals surface area contributed by atoms with Crippen molar-refractivity contribution in [2.24, 2.45) is 5.92 Å². The van der Waals surface area contributed by atoms with Gasteiger partial charge in [-0.2, -0.15) is 0 Å². The highest BCUT2D eigenvalue weighted by molar-refractivity contribution is 14.1. The number of ether oxygens (including phenoxy) is 4. The van der Waals surface area contributed by atoms with Crippen LogP contribution in [-0.2, 0) is 33.3 Å². The van der Waals surface area contributed by atoms with Crippen molar-refractivity contribution >= 4 is 46.4 Å². The Balaban J connectivity index is 1.20. The van der Waals surface area contributed by atoms with E-state index < -0.39 is 30.0 Å². The Hall–Kier alpha value is -2.53. The van der Waals surface area contributed by atoms with Gasteiger partial charge in [0.1, 0.15) is 23.9 Å². The van der Waals surface area contributed by atoms with E-state index in [1.165, 1.54) is 6.08 Å². The van der Waals surface area contributed by atoms with Crippen molar-refractivity contribution < 1.29 is 43.2 Å². The lowest BCUT2D eigenvalue weighted by Crippen LogP contribution is -2.51. The summed E-state index contributed by atoms with van der Waals surface area (Å²) in [5.41, 5.74) is 0.296. The number of carbonyl (C=O) groups excluding carboxylic acids is 4.